The van der Waals surface area contributed by atoms with Gasteiger partial charge in [-0.25, -0.2) is 12.8 Å². The van der Waals surface area contributed by atoms with Gasteiger partial charge in [-0.1, -0.05) is 13.8 Å². The van der Waals surface area contributed by atoms with Crippen LogP contribution in [-0.2, 0) is 10.0 Å². The zero-order valence-electron chi connectivity index (χ0n) is 15.8. The Balaban J connectivity index is 1.89. The lowest BCUT2D eigenvalue weighted by Crippen LogP contribution is -2.26. The molecule has 28 heavy (non-hydrogen) atoms. The molecular formula is C20H21FN2O3S2. The predicted octanol–water partition coefficient (Wildman–Crippen LogP) is 4.25. The van der Waals surface area contributed by atoms with Crippen LogP contribution in [0.1, 0.15) is 23.5 Å². The molecule has 0 bridgehead atoms. The van der Waals surface area contributed by atoms with Crippen LogP contribution in [0.5, 0.6) is 0 Å². The van der Waals surface area contributed by atoms with Crippen molar-refractivity contribution in [1.29, 1.82) is 0 Å². The van der Waals surface area contributed by atoms with Crippen LogP contribution in [0.25, 0.3) is 10.1 Å². The summed E-state index contributed by atoms with van der Waals surface area (Å²) in [5.41, 5.74) is 0.462. The highest BCUT2D eigenvalue weighted by Gasteiger charge is 2.22. The maximum absolute atomic E-state index is 13.1. The molecule has 0 aliphatic heterocycles. The van der Waals surface area contributed by atoms with Gasteiger partial charge in [-0.05, 0) is 59.8 Å². The minimum atomic E-state index is -3.81. The molecule has 1 aromatic heterocycles. The third-order valence-electron chi connectivity index (χ3n) is 4.23. The topological polar surface area (TPSA) is 66.5 Å². The summed E-state index contributed by atoms with van der Waals surface area (Å²) >= 11 is 1.36. The molecule has 0 fully saturated rings. The summed E-state index contributed by atoms with van der Waals surface area (Å²) < 4.78 is 40.7. The summed E-state index contributed by atoms with van der Waals surface area (Å²) in [6.45, 7) is 4.64. The van der Waals surface area contributed by atoms with Crippen molar-refractivity contribution in [2.75, 3.05) is 17.9 Å². The molecule has 0 atom stereocenters. The van der Waals surface area contributed by atoms with Crippen LogP contribution in [0.4, 0.5) is 10.1 Å². The average molecular weight is 421 g/mol. The van der Waals surface area contributed by atoms with Gasteiger partial charge in [0.25, 0.3) is 15.9 Å². The van der Waals surface area contributed by atoms with E-state index in [0.717, 1.165) is 26.5 Å². The number of anilines is 1. The minimum Gasteiger partial charge on any atom is -0.351 e. The third-order valence-corrected chi connectivity index (χ3v) is 7.14. The second-order valence-electron chi connectivity index (χ2n) is 6.86. The summed E-state index contributed by atoms with van der Waals surface area (Å²) in [5.74, 6) is -0.274. The Bertz CT molecular complexity index is 1110. The smallest absolute Gasteiger partial charge is 0.264 e. The van der Waals surface area contributed by atoms with Crippen molar-refractivity contribution in [3.63, 3.8) is 0 Å². The number of hydrogen-bond donors (Lipinski definition) is 1. The fourth-order valence-corrected chi connectivity index (χ4v) is 4.77. The molecule has 3 aromatic rings. The SMILES string of the molecule is CC(C)CNC(=O)c1cc2cc(N(C)S(=O)(=O)c3ccc(F)cc3)ccc2s1. The van der Waals surface area contributed by atoms with Crippen molar-refractivity contribution >= 4 is 43.0 Å². The van der Waals surface area contributed by atoms with E-state index >= 15 is 0 Å². The Morgan fingerprint density at radius 1 is 1.14 bits per heavy atom. The minimum absolute atomic E-state index is 0.00979. The maximum Gasteiger partial charge on any atom is 0.264 e. The van der Waals surface area contributed by atoms with Crippen molar-refractivity contribution in [2.45, 2.75) is 18.7 Å². The normalized spacial score (nSPS) is 11.8. The molecule has 0 aliphatic rings. The zero-order valence-corrected chi connectivity index (χ0v) is 17.4. The standard InChI is InChI=1S/C20H21FN2O3S2/c1-13(2)12-22-20(24)19-11-14-10-16(6-9-18(14)27-19)23(3)28(25,26)17-7-4-15(21)5-8-17/h4-11,13H,12H2,1-3H3,(H,22,24). The number of carbonyl (C=O) groups excluding carboxylic acids is 1. The Kier molecular flexibility index (Phi) is 5.71. The molecular weight excluding hydrogens is 399 g/mol. The quantitative estimate of drug-likeness (QED) is 0.648. The van der Waals surface area contributed by atoms with Gasteiger partial charge in [0, 0.05) is 18.3 Å². The van der Waals surface area contributed by atoms with E-state index in [4.69, 9.17) is 0 Å². The van der Waals surface area contributed by atoms with Crippen molar-refractivity contribution in [1.82, 2.24) is 5.32 Å². The fourth-order valence-electron chi connectivity index (χ4n) is 2.63. The molecule has 1 heterocycles. The van der Waals surface area contributed by atoms with Crippen molar-refractivity contribution < 1.29 is 17.6 Å². The van der Waals surface area contributed by atoms with Gasteiger partial charge in [0.1, 0.15) is 5.82 Å². The van der Waals surface area contributed by atoms with Crippen LogP contribution in [0.15, 0.2) is 53.4 Å². The van der Waals surface area contributed by atoms with Gasteiger partial charge in [0.05, 0.1) is 15.5 Å². The summed E-state index contributed by atoms with van der Waals surface area (Å²) in [5, 5.41) is 3.67. The van der Waals surface area contributed by atoms with Gasteiger partial charge in [-0.2, -0.15) is 0 Å². The molecule has 0 unspecified atom stereocenters. The van der Waals surface area contributed by atoms with Gasteiger partial charge >= 0.3 is 0 Å². The fraction of sp³-hybridized carbons (Fsp3) is 0.250. The van der Waals surface area contributed by atoms with Crippen LogP contribution in [-0.4, -0.2) is 27.9 Å². The van der Waals surface area contributed by atoms with Gasteiger partial charge in [-0.3, -0.25) is 9.10 Å². The number of nitrogens with zero attached hydrogens (tertiary/aromatic N) is 1. The van der Waals surface area contributed by atoms with Gasteiger partial charge in [-0.15, -0.1) is 11.3 Å². The largest absolute Gasteiger partial charge is 0.351 e. The molecule has 2 aromatic carbocycles. The van der Waals surface area contributed by atoms with E-state index in [2.05, 4.69) is 5.32 Å². The molecule has 8 heteroatoms. The number of halogens is 1. The number of nitrogens with one attached hydrogen (secondary N) is 1. The van der Waals surface area contributed by atoms with E-state index in [1.165, 1.54) is 30.5 Å². The summed E-state index contributed by atoms with van der Waals surface area (Å²) in [6, 6.07) is 11.7. The highest BCUT2D eigenvalue weighted by molar-refractivity contribution is 7.92. The number of carbonyl (C=O) groups is 1. The number of amides is 1. The monoisotopic (exact) mass is 420 g/mol. The molecule has 1 N–H and O–H groups in total. The first-order valence-corrected chi connectivity index (χ1v) is 11.0. The number of benzene rings is 2. The van der Waals surface area contributed by atoms with Crippen LogP contribution in [0, 0.1) is 11.7 Å². The van der Waals surface area contributed by atoms with E-state index in [1.54, 1.807) is 24.3 Å². The molecule has 0 radical (unpaired) electrons. The highest BCUT2D eigenvalue weighted by atomic mass is 32.2. The van der Waals surface area contributed by atoms with Crippen molar-refractivity contribution in [3.8, 4) is 0 Å². The van der Waals surface area contributed by atoms with E-state index in [1.807, 2.05) is 13.8 Å². The Hall–Kier alpha value is -2.45. The summed E-state index contributed by atoms with van der Waals surface area (Å²) in [6.07, 6.45) is 0. The Morgan fingerprint density at radius 2 is 1.82 bits per heavy atom. The molecule has 0 saturated carbocycles. The molecule has 0 spiro atoms. The first-order valence-electron chi connectivity index (χ1n) is 8.75. The maximum atomic E-state index is 13.1. The number of sulfonamides is 1. The molecule has 148 valence electrons. The second kappa shape index (κ2) is 7.89. The lowest BCUT2D eigenvalue weighted by molar-refractivity contribution is 0.0953. The van der Waals surface area contributed by atoms with Gasteiger partial charge < -0.3 is 5.32 Å². The Labute approximate surface area is 167 Å². The predicted molar refractivity (Wildman–Crippen MR) is 111 cm³/mol. The number of fused-ring (bicyclic) bond motifs is 1. The molecule has 0 saturated heterocycles. The molecule has 1 amide bonds. The first kappa shape index (κ1) is 20.3. The van der Waals surface area contributed by atoms with Crippen LogP contribution in [0.2, 0.25) is 0 Å². The van der Waals surface area contributed by atoms with Crippen LogP contribution in [0.3, 0.4) is 0 Å². The summed E-state index contributed by atoms with van der Waals surface area (Å²) in [7, 11) is -2.37. The van der Waals surface area contributed by atoms with E-state index in [9.17, 15) is 17.6 Å². The van der Waals surface area contributed by atoms with Crippen molar-refractivity contribution in [2.24, 2.45) is 5.92 Å². The number of thiophene rings is 1. The Morgan fingerprint density at radius 3 is 2.46 bits per heavy atom. The summed E-state index contributed by atoms with van der Waals surface area (Å²) in [4.78, 5) is 12.9. The second-order valence-corrected chi connectivity index (χ2v) is 9.92. The van der Waals surface area contributed by atoms with Gasteiger partial charge in [0.2, 0.25) is 0 Å². The zero-order chi connectivity index (χ0) is 20.5. The van der Waals surface area contributed by atoms with Crippen LogP contribution >= 0.6 is 11.3 Å². The molecule has 5 nitrogen and oxygen atoms in total. The average Bonchev–Trinajstić information content (AvgIpc) is 3.09. The number of hydrogen-bond acceptors (Lipinski definition) is 4. The number of rotatable bonds is 6. The van der Waals surface area contributed by atoms with Crippen molar-refractivity contribution in [3.05, 3.63) is 59.2 Å². The first-order chi connectivity index (χ1) is 13.2. The lowest BCUT2D eigenvalue weighted by atomic mass is 10.2. The van der Waals surface area contributed by atoms with Gasteiger partial charge in [0.15, 0.2) is 0 Å². The third kappa shape index (κ3) is 4.18. The van der Waals surface area contributed by atoms with E-state index in [0.29, 0.717) is 23.0 Å². The molecule has 3 rings (SSSR count). The highest BCUT2D eigenvalue weighted by Crippen LogP contribution is 2.31. The van der Waals surface area contributed by atoms with Crippen LogP contribution < -0.4 is 9.62 Å². The van der Waals surface area contributed by atoms with E-state index < -0.39 is 15.8 Å². The lowest BCUT2D eigenvalue weighted by Gasteiger charge is -2.19. The van der Waals surface area contributed by atoms with E-state index in [-0.39, 0.29) is 10.8 Å². The molecule has 0 aliphatic carbocycles.